The van der Waals surface area contributed by atoms with Crippen molar-refractivity contribution in [1.29, 1.82) is 0 Å². The number of hydrogen-bond acceptors (Lipinski definition) is 3. The van der Waals surface area contributed by atoms with Gasteiger partial charge in [0.05, 0.1) is 12.2 Å². The Hall–Kier alpha value is -1.06. The van der Waals surface area contributed by atoms with Crippen molar-refractivity contribution in [2.45, 2.75) is 46.3 Å². The van der Waals surface area contributed by atoms with E-state index in [9.17, 15) is 0 Å². The highest BCUT2D eigenvalue weighted by Crippen LogP contribution is 2.13. The van der Waals surface area contributed by atoms with E-state index in [2.05, 4.69) is 24.4 Å². The minimum Gasteiger partial charge on any atom is -0.491 e. The number of nitrogens with one attached hydrogen (secondary N) is 1. The lowest BCUT2D eigenvalue weighted by molar-refractivity contribution is -0.0163. The van der Waals surface area contributed by atoms with Gasteiger partial charge in [-0.05, 0) is 51.4 Å². The molecule has 3 heteroatoms. The first-order valence-electron chi connectivity index (χ1n) is 7.07. The van der Waals surface area contributed by atoms with E-state index in [-0.39, 0.29) is 5.60 Å². The van der Waals surface area contributed by atoms with Gasteiger partial charge in [-0.3, -0.25) is 0 Å². The Balaban J connectivity index is 2.31. The van der Waals surface area contributed by atoms with Crippen molar-refractivity contribution in [3.05, 3.63) is 29.8 Å². The molecule has 1 aromatic rings. The van der Waals surface area contributed by atoms with Gasteiger partial charge >= 0.3 is 0 Å². The Morgan fingerprint density at radius 2 is 1.95 bits per heavy atom. The molecule has 0 amide bonds. The van der Waals surface area contributed by atoms with Crippen molar-refractivity contribution in [1.82, 2.24) is 5.32 Å². The molecular formula is C16H27NO2. The van der Waals surface area contributed by atoms with Crippen LogP contribution in [0, 0.1) is 0 Å². The van der Waals surface area contributed by atoms with Crippen molar-refractivity contribution in [3.63, 3.8) is 0 Å². The maximum absolute atomic E-state index is 5.70. The number of benzene rings is 1. The van der Waals surface area contributed by atoms with Crippen LogP contribution in [0.5, 0.6) is 5.75 Å². The van der Waals surface area contributed by atoms with Crippen molar-refractivity contribution in [2.75, 3.05) is 19.8 Å². The van der Waals surface area contributed by atoms with Gasteiger partial charge in [0.1, 0.15) is 12.4 Å². The Morgan fingerprint density at radius 3 is 2.63 bits per heavy atom. The van der Waals surface area contributed by atoms with Gasteiger partial charge in [0, 0.05) is 6.54 Å². The van der Waals surface area contributed by atoms with Gasteiger partial charge < -0.3 is 14.8 Å². The Kier molecular flexibility index (Phi) is 6.89. The smallest absolute Gasteiger partial charge is 0.119 e. The normalized spacial score (nSPS) is 11.6. The largest absolute Gasteiger partial charge is 0.491 e. The zero-order valence-electron chi connectivity index (χ0n) is 12.7. The van der Waals surface area contributed by atoms with E-state index in [0.29, 0.717) is 13.2 Å². The van der Waals surface area contributed by atoms with Crippen molar-refractivity contribution < 1.29 is 9.47 Å². The number of hydrogen-bond donors (Lipinski definition) is 1. The van der Waals surface area contributed by atoms with Crippen LogP contribution in [0.25, 0.3) is 0 Å². The van der Waals surface area contributed by atoms with Crippen LogP contribution < -0.4 is 10.1 Å². The lowest BCUT2D eigenvalue weighted by Gasteiger charge is -2.19. The third kappa shape index (κ3) is 7.85. The van der Waals surface area contributed by atoms with E-state index in [4.69, 9.17) is 9.47 Å². The van der Waals surface area contributed by atoms with Gasteiger partial charge in [0.15, 0.2) is 0 Å². The van der Waals surface area contributed by atoms with E-state index in [1.165, 1.54) is 5.56 Å². The molecule has 0 aliphatic carbocycles. The summed E-state index contributed by atoms with van der Waals surface area (Å²) in [6.07, 6.45) is 1.15. The molecule has 0 unspecified atom stereocenters. The average molecular weight is 265 g/mol. The first kappa shape index (κ1) is 16.0. The molecular weight excluding hydrogens is 238 g/mol. The van der Waals surface area contributed by atoms with Crippen LogP contribution in [0.3, 0.4) is 0 Å². The zero-order valence-corrected chi connectivity index (χ0v) is 12.7. The third-order valence-corrected chi connectivity index (χ3v) is 2.54. The lowest BCUT2D eigenvalue weighted by Crippen LogP contribution is -2.22. The van der Waals surface area contributed by atoms with Gasteiger partial charge in [0.2, 0.25) is 0 Å². The first-order chi connectivity index (χ1) is 9.01. The fourth-order valence-electron chi connectivity index (χ4n) is 1.66. The van der Waals surface area contributed by atoms with Crippen LogP contribution >= 0.6 is 0 Å². The zero-order chi connectivity index (χ0) is 14.1. The molecule has 0 saturated heterocycles. The van der Waals surface area contributed by atoms with Crippen molar-refractivity contribution in [3.8, 4) is 5.75 Å². The predicted octanol–water partition coefficient (Wildman–Crippen LogP) is 3.38. The minimum absolute atomic E-state index is 0.102. The van der Waals surface area contributed by atoms with E-state index >= 15 is 0 Å². The molecule has 1 N–H and O–H groups in total. The number of ether oxygens (including phenoxy) is 2. The summed E-state index contributed by atoms with van der Waals surface area (Å²) in [6.45, 7) is 11.5. The standard InChI is InChI=1S/C16H27NO2/c1-5-9-17-13-14-7-6-8-15(12-14)18-10-11-19-16(2,3)4/h6-8,12,17H,5,9-11,13H2,1-4H3. The lowest BCUT2D eigenvalue weighted by atomic mass is 10.2. The van der Waals surface area contributed by atoms with Crippen LogP contribution in [0.4, 0.5) is 0 Å². The molecule has 0 spiro atoms. The summed E-state index contributed by atoms with van der Waals surface area (Å²) in [6, 6.07) is 8.21. The van der Waals surface area contributed by atoms with Gasteiger partial charge in [-0.2, -0.15) is 0 Å². The maximum Gasteiger partial charge on any atom is 0.119 e. The molecule has 0 heterocycles. The molecule has 0 atom stereocenters. The molecule has 3 nitrogen and oxygen atoms in total. The van der Waals surface area contributed by atoms with Gasteiger partial charge in [-0.25, -0.2) is 0 Å². The van der Waals surface area contributed by atoms with Gasteiger partial charge in [-0.1, -0.05) is 19.1 Å². The summed E-state index contributed by atoms with van der Waals surface area (Å²) in [5, 5.41) is 3.39. The molecule has 19 heavy (non-hydrogen) atoms. The second-order valence-corrected chi connectivity index (χ2v) is 5.63. The molecule has 0 radical (unpaired) electrons. The third-order valence-electron chi connectivity index (χ3n) is 2.54. The Bertz CT molecular complexity index is 358. The summed E-state index contributed by atoms with van der Waals surface area (Å²) in [4.78, 5) is 0. The van der Waals surface area contributed by atoms with Crippen LogP contribution in [0.2, 0.25) is 0 Å². The van der Waals surface area contributed by atoms with E-state index in [1.807, 2.05) is 32.9 Å². The van der Waals surface area contributed by atoms with Crippen molar-refractivity contribution >= 4 is 0 Å². The maximum atomic E-state index is 5.70. The number of rotatable bonds is 8. The molecule has 1 rings (SSSR count). The SMILES string of the molecule is CCCNCc1cccc(OCCOC(C)(C)C)c1. The highest BCUT2D eigenvalue weighted by Gasteiger charge is 2.09. The molecule has 1 aromatic carbocycles. The van der Waals surface area contributed by atoms with Crippen LogP contribution in [0.1, 0.15) is 39.7 Å². The second kappa shape index (κ2) is 8.18. The molecule has 0 aliphatic heterocycles. The molecule has 0 bridgehead atoms. The highest BCUT2D eigenvalue weighted by atomic mass is 16.5. The molecule has 0 aromatic heterocycles. The van der Waals surface area contributed by atoms with Crippen molar-refractivity contribution in [2.24, 2.45) is 0 Å². The van der Waals surface area contributed by atoms with Gasteiger partial charge in [-0.15, -0.1) is 0 Å². The predicted molar refractivity (Wildman–Crippen MR) is 79.6 cm³/mol. The minimum atomic E-state index is -0.102. The molecule has 0 fully saturated rings. The Morgan fingerprint density at radius 1 is 1.16 bits per heavy atom. The summed E-state index contributed by atoms with van der Waals surface area (Å²) in [7, 11) is 0. The monoisotopic (exact) mass is 265 g/mol. The van der Waals surface area contributed by atoms with Crippen LogP contribution in [-0.4, -0.2) is 25.4 Å². The second-order valence-electron chi connectivity index (χ2n) is 5.63. The van der Waals surface area contributed by atoms with E-state index in [0.717, 1.165) is 25.3 Å². The highest BCUT2D eigenvalue weighted by molar-refractivity contribution is 5.28. The fraction of sp³-hybridized carbons (Fsp3) is 0.625. The fourth-order valence-corrected chi connectivity index (χ4v) is 1.66. The first-order valence-corrected chi connectivity index (χ1v) is 7.07. The summed E-state index contributed by atoms with van der Waals surface area (Å²) < 4.78 is 11.3. The summed E-state index contributed by atoms with van der Waals surface area (Å²) in [5.41, 5.74) is 1.15. The molecule has 108 valence electrons. The quantitative estimate of drug-likeness (QED) is 0.731. The Labute approximate surface area is 117 Å². The molecule has 0 aliphatic rings. The topological polar surface area (TPSA) is 30.5 Å². The van der Waals surface area contributed by atoms with Crippen LogP contribution in [0.15, 0.2) is 24.3 Å². The van der Waals surface area contributed by atoms with E-state index in [1.54, 1.807) is 0 Å². The van der Waals surface area contributed by atoms with Gasteiger partial charge in [0.25, 0.3) is 0 Å². The summed E-state index contributed by atoms with van der Waals surface area (Å²) >= 11 is 0. The molecule has 0 saturated carbocycles. The van der Waals surface area contributed by atoms with Crippen LogP contribution in [-0.2, 0) is 11.3 Å². The average Bonchev–Trinajstić information content (AvgIpc) is 2.35. The summed E-state index contributed by atoms with van der Waals surface area (Å²) in [5.74, 6) is 0.910. The van der Waals surface area contributed by atoms with E-state index < -0.39 is 0 Å².